The molecule has 1 fully saturated rings. The van der Waals surface area contributed by atoms with Crippen LogP contribution in [0.1, 0.15) is 5.56 Å². The monoisotopic (exact) mass is 427 g/mol. The Hall–Kier alpha value is -2.90. The van der Waals surface area contributed by atoms with Gasteiger partial charge < -0.3 is 10.2 Å². The highest BCUT2D eigenvalue weighted by molar-refractivity contribution is 6.30. The van der Waals surface area contributed by atoms with Crippen LogP contribution in [0.3, 0.4) is 0 Å². The topological polar surface area (TPSA) is 53.4 Å². The van der Waals surface area contributed by atoms with Gasteiger partial charge in [-0.25, -0.2) is 9.37 Å². The van der Waals surface area contributed by atoms with Crippen molar-refractivity contribution in [3.05, 3.63) is 77.3 Å². The van der Waals surface area contributed by atoms with Gasteiger partial charge in [0.15, 0.2) is 0 Å². The lowest BCUT2D eigenvalue weighted by Gasteiger charge is -2.35. The van der Waals surface area contributed by atoms with Crippen LogP contribution in [0.25, 0.3) is 5.69 Å². The molecule has 156 valence electrons. The molecule has 0 atom stereocenters. The van der Waals surface area contributed by atoms with Crippen molar-refractivity contribution in [3.63, 3.8) is 0 Å². The summed E-state index contributed by atoms with van der Waals surface area (Å²) in [5.41, 5.74) is 1.85. The fraction of sp³-hybridized carbons (Fsp3) is 0.273. The van der Waals surface area contributed by atoms with Crippen LogP contribution in [0.5, 0.6) is 0 Å². The molecule has 0 saturated carbocycles. The second-order valence-electron chi connectivity index (χ2n) is 7.24. The van der Waals surface area contributed by atoms with E-state index >= 15 is 0 Å². The Morgan fingerprint density at radius 2 is 1.87 bits per heavy atom. The number of rotatable bonds is 6. The standard InChI is InChI=1S/C22H23ClFN5O/c23-18-2-1-3-20(14-18)29-9-8-25-22(29)28-12-10-27(11-13-28)16-21(30)26-15-17-4-6-19(24)7-5-17/h1-9,14H,10-13,15-16H2,(H,26,30). The minimum atomic E-state index is -0.279. The molecular weight excluding hydrogens is 405 g/mol. The molecule has 0 spiro atoms. The number of halogens is 2. The second kappa shape index (κ2) is 9.28. The summed E-state index contributed by atoms with van der Waals surface area (Å²) in [4.78, 5) is 21.1. The second-order valence-corrected chi connectivity index (χ2v) is 7.68. The van der Waals surface area contributed by atoms with Gasteiger partial charge in [-0.1, -0.05) is 29.8 Å². The Morgan fingerprint density at radius 1 is 1.10 bits per heavy atom. The lowest BCUT2D eigenvalue weighted by molar-refractivity contribution is -0.122. The number of aromatic nitrogens is 2. The number of nitrogens with zero attached hydrogens (tertiary/aromatic N) is 4. The van der Waals surface area contributed by atoms with E-state index in [4.69, 9.17) is 11.6 Å². The molecule has 0 unspecified atom stereocenters. The van der Waals surface area contributed by atoms with Gasteiger partial charge in [-0.05, 0) is 35.9 Å². The molecule has 0 bridgehead atoms. The molecule has 6 nitrogen and oxygen atoms in total. The zero-order valence-corrected chi connectivity index (χ0v) is 17.2. The molecule has 1 aromatic heterocycles. The third kappa shape index (κ3) is 4.98. The highest BCUT2D eigenvalue weighted by Crippen LogP contribution is 2.22. The van der Waals surface area contributed by atoms with Crippen LogP contribution in [0, 0.1) is 5.82 Å². The summed E-state index contributed by atoms with van der Waals surface area (Å²) in [5.74, 6) is 0.560. The van der Waals surface area contributed by atoms with E-state index in [2.05, 4.69) is 20.1 Å². The minimum Gasteiger partial charge on any atom is -0.351 e. The Bertz CT molecular complexity index is 999. The number of anilines is 1. The lowest BCUT2D eigenvalue weighted by atomic mass is 10.2. The van der Waals surface area contributed by atoms with Crippen molar-refractivity contribution in [2.45, 2.75) is 6.54 Å². The average molecular weight is 428 g/mol. The predicted octanol–water partition coefficient (Wildman–Crippen LogP) is 3.10. The number of benzene rings is 2. The zero-order valence-electron chi connectivity index (χ0n) is 16.5. The SMILES string of the molecule is O=C(CN1CCN(c2nccn2-c2cccc(Cl)c2)CC1)NCc1ccc(F)cc1. The maximum absolute atomic E-state index is 13.0. The molecule has 3 aromatic rings. The normalized spacial score (nSPS) is 14.7. The van der Waals surface area contributed by atoms with E-state index < -0.39 is 0 Å². The van der Waals surface area contributed by atoms with Gasteiger partial charge in [-0.2, -0.15) is 0 Å². The molecule has 1 aliphatic rings. The number of carbonyl (C=O) groups excluding carboxylic acids is 1. The van der Waals surface area contributed by atoms with Gasteiger partial charge in [0.1, 0.15) is 5.82 Å². The van der Waals surface area contributed by atoms with E-state index in [1.165, 1.54) is 12.1 Å². The predicted molar refractivity (Wildman–Crippen MR) is 115 cm³/mol. The summed E-state index contributed by atoms with van der Waals surface area (Å²) in [7, 11) is 0. The van der Waals surface area contributed by atoms with E-state index in [1.807, 2.05) is 35.0 Å². The average Bonchev–Trinajstić information content (AvgIpc) is 3.24. The Labute approximate surface area is 179 Å². The summed E-state index contributed by atoms with van der Waals surface area (Å²) in [6, 6.07) is 13.8. The molecule has 0 aliphatic carbocycles. The number of hydrogen-bond donors (Lipinski definition) is 1. The van der Waals surface area contributed by atoms with Crippen molar-refractivity contribution in [2.75, 3.05) is 37.6 Å². The molecular formula is C22H23ClFN5O. The van der Waals surface area contributed by atoms with Gasteiger partial charge in [0.05, 0.1) is 6.54 Å². The van der Waals surface area contributed by atoms with Crippen molar-refractivity contribution in [1.82, 2.24) is 19.8 Å². The minimum absolute atomic E-state index is 0.0341. The number of amides is 1. The molecule has 0 radical (unpaired) electrons. The quantitative estimate of drug-likeness (QED) is 0.656. The first-order valence-electron chi connectivity index (χ1n) is 9.86. The van der Waals surface area contributed by atoms with Gasteiger partial charge in [0.2, 0.25) is 11.9 Å². The van der Waals surface area contributed by atoms with E-state index in [9.17, 15) is 9.18 Å². The van der Waals surface area contributed by atoms with Crippen LogP contribution in [-0.4, -0.2) is 53.1 Å². The molecule has 4 rings (SSSR count). The van der Waals surface area contributed by atoms with Crippen molar-refractivity contribution in [1.29, 1.82) is 0 Å². The molecule has 1 N–H and O–H groups in total. The third-order valence-corrected chi connectivity index (χ3v) is 5.37. The van der Waals surface area contributed by atoms with Gasteiger partial charge in [0, 0.05) is 55.8 Å². The van der Waals surface area contributed by atoms with E-state index in [1.54, 1.807) is 18.3 Å². The van der Waals surface area contributed by atoms with Crippen molar-refractivity contribution in [3.8, 4) is 5.69 Å². The molecule has 1 saturated heterocycles. The highest BCUT2D eigenvalue weighted by Gasteiger charge is 2.22. The molecule has 8 heteroatoms. The first-order chi connectivity index (χ1) is 14.6. The van der Waals surface area contributed by atoms with Crippen LogP contribution in [0.4, 0.5) is 10.3 Å². The molecule has 2 heterocycles. The summed E-state index contributed by atoms with van der Waals surface area (Å²) in [6.07, 6.45) is 3.71. The number of imidazole rings is 1. The summed E-state index contributed by atoms with van der Waals surface area (Å²) >= 11 is 6.13. The maximum Gasteiger partial charge on any atom is 0.234 e. The molecule has 1 aliphatic heterocycles. The summed E-state index contributed by atoms with van der Waals surface area (Å²) < 4.78 is 15.0. The smallest absolute Gasteiger partial charge is 0.234 e. The van der Waals surface area contributed by atoms with Crippen LogP contribution >= 0.6 is 11.6 Å². The fourth-order valence-electron chi connectivity index (χ4n) is 3.52. The maximum atomic E-state index is 13.0. The lowest BCUT2D eigenvalue weighted by Crippen LogP contribution is -2.50. The molecule has 2 aromatic carbocycles. The largest absolute Gasteiger partial charge is 0.351 e. The van der Waals surface area contributed by atoms with E-state index in [0.717, 1.165) is 43.4 Å². The van der Waals surface area contributed by atoms with Crippen LogP contribution in [0.2, 0.25) is 5.02 Å². The Morgan fingerprint density at radius 3 is 2.60 bits per heavy atom. The van der Waals surface area contributed by atoms with E-state index in [0.29, 0.717) is 18.1 Å². The first kappa shape index (κ1) is 20.4. The van der Waals surface area contributed by atoms with Gasteiger partial charge in [-0.3, -0.25) is 14.3 Å². The molecule has 1 amide bonds. The highest BCUT2D eigenvalue weighted by atomic mass is 35.5. The Kier molecular flexibility index (Phi) is 6.30. The van der Waals surface area contributed by atoms with Crippen LogP contribution in [-0.2, 0) is 11.3 Å². The first-order valence-corrected chi connectivity index (χ1v) is 10.2. The van der Waals surface area contributed by atoms with Crippen molar-refractivity contribution >= 4 is 23.5 Å². The summed E-state index contributed by atoms with van der Waals surface area (Å²) in [6.45, 7) is 3.85. The number of hydrogen-bond acceptors (Lipinski definition) is 4. The van der Waals surface area contributed by atoms with Gasteiger partial charge in [0.25, 0.3) is 0 Å². The van der Waals surface area contributed by atoms with Crippen LogP contribution < -0.4 is 10.2 Å². The number of piperazine rings is 1. The van der Waals surface area contributed by atoms with Crippen molar-refractivity contribution in [2.24, 2.45) is 0 Å². The number of carbonyl (C=O) groups is 1. The third-order valence-electron chi connectivity index (χ3n) is 5.13. The van der Waals surface area contributed by atoms with Crippen molar-refractivity contribution < 1.29 is 9.18 Å². The van der Waals surface area contributed by atoms with E-state index in [-0.39, 0.29) is 11.7 Å². The fourth-order valence-corrected chi connectivity index (χ4v) is 3.71. The van der Waals surface area contributed by atoms with Gasteiger partial charge in [-0.15, -0.1) is 0 Å². The zero-order chi connectivity index (χ0) is 20.9. The Balaban J connectivity index is 1.29. The summed E-state index contributed by atoms with van der Waals surface area (Å²) in [5, 5.41) is 3.58. The van der Waals surface area contributed by atoms with Gasteiger partial charge >= 0.3 is 0 Å². The molecule has 30 heavy (non-hydrogen) atoms. The number of nitrogens with one attached hydrogen (secondary N) is 1. The van der Waals surface area contributed by atoms with Crippen LogP contribution in [0.15, 0.2) is 60.9 Å².